The molecule has 1 aromatic heterocycles. The fourth-order valence-corrected chi connectivity index (χ4v) is 4.86. The highest BCUT2D eigenvalue weighted by Gasteiger charge is 2.28. The van der Waals surface area contributed by atoms with Crippen molar-refractivity contribution in [3.8, 4) is 11.3 Å². The molecule has 1 N–H and O–H groups in total. The fraction of sp³-hybridized carbons (Fsp3) is 0.471. The van der Waals surface area contributed by atoms with Crippen molar-refractivity contribution >= 4 is 23.4 Å². The minimum Gasteiger partial charge on any atom is -0.296 e. The van der Waals surface area contributed by atoms with E-state index in [-0.39, 0.29) is 0 Å². The molecule has 0 spiro atoms. The summed E-state index contributed by atoms with van der Waals surface area (Å²) in [6.07, 6.45) is 3.70. The molecule has 2 aliphatic rings. The number of hydrogen-bond acceptors (Lipinski definition) is 3. The summed E-state index contributed by atoms with van der Waals surface area (Å²) < 4.78 is 0. The molecule has 0 atom stereocenters. The van der Waals surface area contributed by atoms with Gasteiger partial charge in [0.1, 0.15) is 0 Å². The van der Waals surface area contributed by atoms with E-state index in [0.717, 1.165) is 41.8 Å². The molecule has 4 rings (SSSR count). The summed E-state index contributed by atoms with van der Waals surface area (Å²) in [5, 5.41) is 8.58. The van der Waals surface area contributed by atoms with Gasteiger partial charge in [0, 0.05) is 42.4 Å². The maximum Gasteiger partial charge on any atom is 0.0983 e. The highest BCUT2D eigenvalue weighted by molar-refractivity contribution is 7.99. The van der Waals surface area contributed by atoms with Gasteiger partial charge in [0.25, 0.3) is 0 Å². The number of aromatic nitrogens is 2. The van der Waals surface area contributed by atoms with Crippen LogP contribution in [0.4, 0.5) is 0 Å². The second-order valence-corrected chi connectivity index (χ2v) is 7.71. The van der Waals surface area contributed by atoms with E-state index < -0.39 is 0 Å². The van der Waals surface area contributed by atoms with E-state index in [9.17, 15) is 0 Å². The number of rotatable bonds is 2. The van der Waals surface area contributed by atoms with Crippen molar-refractivity contribution < 1.29 is 0 Å². The lowest BCUT2D eigenvalue weighted by atomic mass is 9.98. The Morgan fingerprint density at radius 1 is 1.23 bits per heavy atom. The van der Waals surface area contributed by atoms with E-state index in [0.29, 0.717) is 0 Å². The van der Waals surface area contributed by atoms with Gasteiger partial charge in [-0.2, -0.15) is 16.9 Å². The molecule has 0 amide bonds. The standard InChI is InChI=1S/C17H20ClN3S/c18-15-4-2-1-3-13(15)17-14-11-21(8-5-16(14)19-20-17)12-6-9-22-10-7-12/h1-4,12H,5-11H2,(H,19,20). The first-order chi connectivity index (χ1) is 10.8. The highest BCUT2D eigenvalue weighted by Crippen LogP contribution is 2.34. The van der Waals surface area contributed by atoms with E-state index in [4.69, 9.17) is 11.6 Å². The Kier molecular flexibility index (Phi) is 4.16. The van der Waals surface area contributed by atoms with Crippen LogP contribution >= 0.6 is 23.4 Å². The maximum absolute atomic E-state index is 6.37. The molecule has 5 heteroatoms. The number of fused-ring (bicyclic) bond motifs is 1. The molecule has 3 heterocycles. The molecular formula is C17H20ClN3S. The monoisotopic (exact) mass is 333 g/mol. The van der Waals surface area contributed by atoms with Gasteiger partial charge in [-0.15, -0.1) is 0 Å². The second-order valence-electron chi connectivity index (χ2n) is 6.07. The Labute approximate surface area is 140 Å². The van der Waals surface area contributed by atoms with Crippen LogP contribution in [0, 0.1) is 0 Å². The fourth-order valence-electron chi connectivity index (χ4n) is 3.55. The lowest BCUT2D eigenvalue weighted by Crippen LogP contribution is -2.41. The zero-order chi connectivity index (χ0) is 14.9. The van der Waals surface area contributed by atoms with Crippen molar-refractivity contribution in [3.63, 3.8) is 0 Å². The average Bonchev–Trinajstić information content (AvgIpc) is 2.99. The molecule has 2 aromatic rings. The topological polar surface area (TPSA) is 31.9 Å². The third-order valence-corrected chi connectivity index (χ3v) is 6.18. The summed E-state index contributed by atoms with van der Waals surface area (Å²) in [5.74, 6) is 2.60. The average molecular weight is 334 g/mol. The predicted molar refractivity (Wildman–Crippen MR) is 93.5 cm³/mol. The molecule has 22 heavy (non-hydrogen) atoms. The first-order valence-electron chi connectivity index (χ1n) is 7.96. The number of H-pyrrole nitrogens is 1. The van der Waals surface area contributed by atoms with Crippen molar-refractivity contribution in [2.45, 2.75) is 31.8 Å². The normalized spacial score (nSPS) is 20.0. The van der Waals surface area contributed by atoms with E-state index in [1.54, 1.807) is 0 Å². The van der Waals surface area contributed by atoms with Gasteiger partial charge in [0.15, 0.2) is 0 Å². The molecule has 0 bridgehead atoms. The number of hydrogen-bond donors (Lipinski definition) is 1. The number of benzene rings is 1. The van der Waals surface area contributed by atoms with Gasteiger partial charge in [-0.1, -0.05) is 29.8 Å². The Bertz CT molecular complexity index is 664. The highest BCUT2D eigenvalue weighted by atomic mass is 35.5. The van der Waals surface area contributed by atoms with Gasteiger partial charge < -0.3 is 0 Å². The summed E-state index contributed by atoms with van der Waals surface area (Å²) >= 11 is 8.46. The van der Waals surface area contributed by atoms with Gasteiger partial charge >= 0.3 is 0 Å². The summed E-state index contributed by atoms with van der Waals surface area (Å²) in [4.78, 5) is 2.65. The van der Waals surface area contributed by atoms with Gasteiger partial charge in [-0.25, -0.2) is 0 Å². The summed E-state index contributed by atoms with van der Waals surface area (Å²) in [6, 6.07) is 8.74. The third-order valence-electron chi connectivity index (χ3n) is 4.80. The van der Waals surface area contributed by atoms with Crippen molar-refractivity contribution in [1.82, 2.24) is 15.1 Å². The molecule has 1 fully saturated rings. The van der Waals surface area contributed by atoms with Crippen molar-refractivity contribution in [2.24, 2.45) is 0 Å². The van der Waals surface area contributed by atoms with Crippen LogP contribution in [0.25, 0.3) is 11.3 Å². The van der Waals surface area contributed by atoms with Crippen molar-refractivity contribution in [2.75, 3.05) is 18.1 Å². The molecular weight excluding hydrogens is 314 g/mol. The van der Waals surface area contributed by atoms with Crippen LogP contribution in [0.15, 0.2) is 24.3 Å². The van der Waals surface area contributed by atoms with Crippen LogP contribution < -0.4 is 0 Å². The zero-order valence-electron chi connectivity index (χ0n) is 12.5. The van der Waals surface area contributed by atoms with E-state index >= 15 is 0 Å². The third kappa shape index (κ3) is 2.68. The lowest BCUT2D eigenvalue weighted by Gasteiger charge is -2.36. The molecule has 116 valence electrons. The Morgan fingerprint density at radius 2 is 2.05 bits per heavy atom. The number of halogens is 1. The Morgan fingerprint density at radius 3 is 2.86 bits per heavy atom. The van der Waals surface area contributed by atoms with E-state index in [1.165, 1.54) is 35.6 Å². The Balaban J connectivity index is 1.63. The molecule has 0 radical (unpaired) electrons. The molecule has 1 aromatic carbocycles. The van der Waals surface area contributed by atoms with Gasteiger partial charge in [0.05, 0.1) is 10.7 Å². The van der Waals surface area contributed by atoms with Crippen LogP contribution in [-0.4, -0.2) is 39.2 Å². The van der Waals surface area contributed by atoms with Crippen molar-refractivity contribution in [3.05, 3.63) is 40.5 Å². The quantitative estimate of drug-likeness (QED) is 0.902. The van der Waals surface area contributed by atoms with Crippen LogP contribution in [0.5, 0.6) is 0 Å². The molecule has 0 saturated carbocycles. The smallest absolute Gasteiger partial charge is 0.0983 e. The van der Waals surface area contributed by atoms with Crippen LogP contribution in [0.1, 0.15) is 24.1 Å². The second kappa shape index (κ2) is 6.26. The van der Waals surface area contributed by atoms with Crippen LogP contribution in [0.2, 0.25) is 5.02 Å². The van der Waals surface area contributed by atoms with Crippen molar-refractivity contribution in [1.29, 1.82) is 0 Å². The predicted octanol–water partition coefficient (Wildman–Crippen LogP) is 3.98. The minimum atomic E-state index is 0.739. The summed E-state index contributed by atoms with van der Waals surface area (Å²) in [5.41, 5.74) is 4.71. The zero-order valence-corrected chi connectivity index (χ0v) is 14.1. The largest absolute Gasteiger partial charge is 0.296 e. The molecule has 0 aliphatic carbocycles. The molecule has 2 aliphatic heterocycles. The van der Waals surface area contributed by atoms with Gasteiger partial charge in [0.2, 0.25) is 0 Å². The summed E-state index contributed by atoms with van der Waals surface area (Å²) in [7, 11) is 0. The van der Waals surface area contributed by atoms with Crippen LogP contribution in [0.3, 0.4) is 0 Å². The number of thioether (sulfide) groups is 1. The first kappa shape index (κ1) is 14.6. The Hall–Kier alpha value is -0.970. The first-order valence-corrected chi connectivity index (χ1v) is 9.49. The number of nitrogens with one attached hydrogen (secondary N) is 1. The number of nitrogens with zero attached hydrogens (tertiary/aromatic N) is 2. The van der Waals surface area contributed by atoms with E-state index in [2.05, 4.69) is 32.9 Å². The SMILES string of the molecule is Clc1ccccc1-c1n[nH]c2c1CN(C1CCSCC1)CC2. The van der Waals surface area contributed by atoms with Gasteiger partial charge in [-0.05, 0) is 30.4 Å². The molecule has 0 unspecified atom stereocenters. The minimum absolute atomic E-state index is 0.739. The van der Waals surface area contributed by atoms with Crippen LogP contribution in [-0.2, 0) is 13.0 Å². The molecule has 1 saturated heterocycles. The molecule has 3 nitrogen and oxygen atoms in total. The van der Waals surface area contributed by atoms with Gasteiger partial charge in [-0.3, -0.25) is 10.00 Å². The van der Waals surface area contributed by atoms with E-state index in [1.807, 2.05) is 18.2 Å². The maximum atomic E-state index is 6.37. The summed E-state index contributed by atoms with van der Waals surface area (Å²) in [6.45, 7) is 2.15. The number of aromatic amines is 1. The lowest BCUT2D eigenvalue weighted by molar-refractivity contribution is 0.168.